The van der Waals surface area contributed by atoms with Gasteiger partial charge in [-0.25, -0.2) is 4.98 Å². The molecule has 0 amide bonds. The molecule has 7 heteroatoms. The van der Waals surface area contributed by atoms with Gasteiger partial charge in [-0.05, 0) is 24.3 Å². The minimum atomic E-state index is -4.50. The molecule has 0 aliphatic carbocycles. The summed E-state index contributed by atoms with van der Waals surface area (Å²) in [6, 6.07) is 5.97. The number of benzene rings is 1. The molecule has 1 fully saturated rings. The van der Waals surface area contributed by atoms with Crippen LogP contribution in [0.15, 0.2) is 24.3 Å². The van der Waals surface area contributed by atoms with Gasteiger partial charge in [0.1, 0.15) is 5.69 Å². The van der Waals surface area contributed by atoms with Gasteiger partial charge in [0.05, 0.1) is 23.8 Å². The molecule has 0 spiro atoms. The van der Waals surface area contributed by atoms with Gasteiger partial charge in [-0.1, -0.05) is 11.6 Å². The number of fused-ring (bicyclic) bond motifs is 1. The Morgan fingerprint density at radius 2 is 1.86 bits per heavy atom. The second kappa shape index (κ2) is 5.35. The van der Waals surface area contributed by atoms with Crippen LogP contribution < -0.4 is 4.90 Å². The van der Waals surface area contributed by atoms with Crippen molar-refractivity contribution in [3.8, 4) is 0 Å². The number of hydrogen-bond acceptors (Lipinski definition) is 3. The Hall–Kier alpha value is -1.53. The highest BCUT2D eigenvalue weighted by Gasteiger charge is 2.33. The molecule has 2 aromatic rings. The molecule has 0 bridgehead atoms. The molecule has 0 unspecified atom stereocenters. The van der Waals surface area contributed by atoms with Gasteiger partial charge in [0.25, 0.3) is 0 Å². The van der Waals surface area contributed by atoms with E-state index in [-0.39, 0.29) is 10.5 Å². The highest BCUT2D eigenvalue weighted by molar-refractivity contribution is 6.35. The Balaban J connectivity index is 2.04. The molecule has 2 heterocycles. The van der Waals surface area contributed by atoms with Crippen LogP contribution in [0.25, 0.3) is 10.9 Å². The van der Waals surface area contributed by atoms with E-state index in [4.69, 9.17) is 16.3 Å². The number of hydrogen-bond donors (Lipinski definition) is 0. The van der Waals surface area contributed by atoms with E-state index in [0.717, 1.165) is 24.8 Å². The summed E-state index contributed by atoms with van der Waals surface area (Å²) >= 11 is 6.00. The van der Waals surface area contributed by atoms with E-state index in [2.05, 4.69) is 9.88 Å². The molecular weight excluding hydrogens is 305 g/mol. The molecule has 1 aromatic carbocycles. The predicted molar refractivity (Wildman–Crippen MR) is 74.8 cm³/mol. The third-order valence-electron chi connectivity index (χ3n) is 3.41. The zero-order valence-corrected chi connectivity index (χ0v) is 11.7. The maximum atomic E-state index is 12.7. The van der Waals surface area contributed by atoms with E-state index < -0.39 is 11.9 Å². The van der Waals surface area contributed by atoms with Crippen LogP contribution in [-0.2, 0) is 10.9 Å². The molecule has 1 aliphatic rings. The van der Waals surface area contributed by atoms with Crippen LogP contribution in [-0.4, -0.2) is 31.3 Å². The molecule has 0 atom stereocenters. The SMILES string of the molecule is FC(F)(F)c1cc(Cl)c2cc(N3CCOCC3)ccc2n1. The monoisotopic (exact) mass is 316 g/mol. The summed E-state index contributed by atoms with van der Waals surface area (Å²) in [6.07, 6.45) is -4.50. The van der Waals surface area contributed by atoms with Gasteiger partial charge >= 0.3 is 6.18 Å². The van der Waals surface area contributed by atoms with E-state index in [1.54, 1.807) is 18.2 Å². The molecular formula is C14H12ClF3N2O. The van der Waals surface area contributed by atoms with Gasteiger partial charge in [-0.3, -0.25) is 0 Å². The van der Waals surface area contributed by atoms with Crippen LogP contribution >= 0.6 is 11.6 Å². The molecule has 1 saturated heterocycles. The van der Waals surface area contributed by atoms with Gasteiger partial charge < -0.3 is 9.64 Å². The predicted octanol–water partition coefficient (Wildman–Crippen LogP) is 3.74. The number of aromatic nitrogens is 1. The fourth-order valence-electron chi connectivity index (χ4n) is 2.34. The first-order chi connectivity index (χ1) is 9.95. The van der Waals surface area contributed by atoms with Crippen LogP contribution in [0.4, 0.5) is 18.9 Å². The van der Waals surface area contributed by atoms with Crippen molar-refractivity contribution in [3.05, 3.63) is 35.0 Å². The van der Waals surface area contributed by atoms with Crippen molar-refractivity contribution in [2.24, 2.45) is 0 Å². The first-order valence-corrected chi connectivity index (χ1v) is 6.83. The third-order valence-corrected chi connectivity index (χ3v) is 3.72. The lowest BCUT2D eigenvalue weighted by Gasteiger charge is -2.29. The second-order valence-electron chi connectivity index (χ2n) is 4.79. The summed E-state index contributed by atoms with van der Waals surface area (Å²) in [5.41, 5.74) is 0.181. The van der Waals surface area contributed by atoms with E-state index in [0.29, 0.717) is 18.6 Å². The quantitative estimate of drug-likeness (QED) is 0.801. The number of ether oxygens (including phenoxy) is 1. The standard InChI is InChI=1S/C14H12ClF3N2O/c15-11-8-13(14(16,17)18)19-12-2-1-9(7-10(11)12)20-3-5-21-6-4-20/h1-2,7-8H,3-6H2. The Morgan fingerprint density at radius 1 is 1.14 bits per heavy atom. The van der Waals surface area contributed by atoms with Crippen LogP contribution in [0.2, 0.25) is 5.02 Å². The van der Waals surface area contributed by atoms with E-state index in [9.17, 15) is 13.2 Å². The van der Waals surface area contributed by atoms with Crippen molar-refractivity contribution in [2.45, 2.75) is 6.18 Å². The molecule has 21 heavy (non-hydrogen) atoms. The highest BCUT2D eigenvalue weighted by atomic mass is 35.5. The number of pyridine rings is 1. The molecule has 1 aliphatic heterocycles. The van der Waals surface area contributed by atoms with Crippen molar-refractivity contribution in [2.75, 3.05) is 31.2 Å². The Kier molecular flexibility index (Phi) is 3.67. The minimum Gasteiger partial charge on any atom is -0.378 e. The number of halogens is 4. The van der Waals surface area contributed by atoms with Gasteiger partial charge in [0, 0.05) is 24.2 Å². The summed E-state index contributed by atoms with van der Waals surface area (Å²) < 4.78 is 43.4. The maximum absolute atomic E-state index is 12.7. The zero-order valence-electron chi connectivity index (χ0n) is 11.0. The average molecular weight is 317 g/mol. The van der Waals surface area contributed by atoms with Crippen molar-refractivity contribution >= 4 is 28.2 Å². The zero-order chi connectivity index (χ0) is 15.0. The first-order valence-electron chi connectivity index (χ1n) is 6.45. The molecule has 3 nitrogen and oxygen atoms in total. The smallest absolute Gasteiger partial charge is 0.378 e. The Bertz CT molecular complexity index is 669. The number of nitrogens with zero attached hydrogens (tertiary/aromatic N) is 2. The van der Waals surface area contributed by atoms with Gasteiger partial charge in [0.15, 0.2) is 0 Å². The minimum absolute atomic E-state index is 0.0578. The second-order valence-corrected chi connectivity index (χ2v) is 5.20. The molecule has 0 radical (unpaired) electrons. The lowest BCUT2D eigenvalue weighted by Crippen LogP contribution is -2.36. The summed E-state index contributed by atoms with van der Waals surface area (Å²) in [4.78, 5) is 5.75. The summed E-state index contributed by atoms with van der Waals surface area (Å²) in [5.74, 6) is 0. The maximum Gasteiger partial charge on any atom is 0.433 e. The lowest BCUT2D eigenvalue weighted by molar-refractivity contribution is -0.140. The molecule has 0 saturated carbocycles. The Labute approximate surface area is 124 Å². The lowest BCUT2D eigenvalue weighted by atomic mass is 10.1. The normalized spacial score (nSPS) is 16.5. The first kappa shape index (κ1) is 14.4. The van der Waals surface area contributed by atoms with Crippen molar-refractivity contribution < 1.29 is 17.9 Å². The summed E-state index contributed by atoms with van der Waals surface area (Å²) in [7, 11) is 0. The third kappa shape index (κ3) is 2.91. The molecule has 112 valence electrons. The number of anilines is 1. The topological polar surface area (TPSA) is 25.4 Å². The van der Waals surface area contributed by atoms with Crippen LogP contribution in [0, 0.1) is 0 Å². The summed E-state index contributed by atoms with van der Waals surface area (Å²) in [5, 5.41) is 0.580. The molecule has 3 rings (SSSR count). The van der Waals surface area contributed by atoms with Gasteiger partial charge in [-0.2, -0.15) is 13.2 Å². The van der Waals surface area contributed by atoms with Gasteiger partial charge in [-0.15, -0.1) is 0 Å². The number of morpholine rings is 1. The van der Waals surface area contributed by atoms with E-state index >= 15 is 0 Å². The van der Waals surface area contributed by atoms with Crippen LogP contribution in [0.5, 0.6) is 0 Å². The molecule has 0 N–H and O–H groups in total. The van der Waals surface area contributed by atoms with Crippen LogP contribution in [0.1, 0.15) is 5.69 Å². The van der Waals surface area contributed by atoms with Crippen molar-refractivity contribution in [3.63, 3.8) is 0 Å². The summed E-state index contributed by atoms with van der Waals surface area (Å²) in [6.45, 7) is 2.77. The number of rotatable bonds is 1. The van der Waals surface area contributed by atoms with Crippen molar-refractivity contribution in [1.29, 1.82) is 0 Å². The Morgan fingerprint density at radius 3 is 2.52 bits per heavy atom. The van der Waals surface area contributed by atoms with E-state index in [1.165, 1.54) is 0 Å². The fourth-order valence-corrected chi connectivity index (χ4v) is 2.59. The van der Waals surface area contributed by atoms with Crippen LogP contribution in [0.3, 0.4) is 0 Å². The number of alkyl halides is 3. The largest absolute Gasteiger partial charge is 0.433 e. The van der Waals surface area contributed by atoms with E-state index in [1.807, 2.05) is 0 Å². The molecule has 1 aromatic heterocycles. The fraction of sp³-hybridized carbons (Fsp3) is 0.357. The van der Waals surface area contributed by atoms with Gasteiger partial charge in [0.2, 0.25) is 0 Å². The average Bonchev–Trinajstić information content (AvgIpc) is 2.47. The highest BCUT2D eigenvalue weighted by Crippen LogP contribution is 2.34. The van der Waals surface area contributed by atoms with Crippen molar-refractivity contribution in [1.82, 2.24) is 4.98 Å².